The highest BCUT2D eigenvalue weighted by atomic mass is 19.1. The van der Waals surface area contributed by atoms with Gasteiger partial charge in [0, 0.05) is 31.4 Å². The van der Waals surface area contributed by atoms with Gasteiger partial charge >= 0.3 is 6.03 Å². The maximum Gasteiger partial charge on any atom is 0.350 e. The van der Waals surface area contributed by atoms with Crippen molar-refractivity contribution in [2.45, 2.75) is 71.7 Å². The van der Waals surface area contributed by atoms with Crippen molar-refractivity contribution in [3.8, 4) is 5.75 Å². The molecule has 2 aliphatic rings. The molecule has 2 amide bonds. The van der Waals surface area contributed by atoms with E-state index >= 15 is 0 Å². The number of urea groups is 1. The van der Waals surface area contributed by atoms with Crippen LogP contribution in [0.5, 0.6) is 5.75 Å². The highest BCUT2D eigenvalue weighted by Gasteiger charge is 2.52. The molecule has 2 heterocycles. The smallest absolute Gasteiger partial charge is 0.350 e. The van der Waals surface area contributed by atoms with Crippen molar-refractivity contribution in [2.75, 3.05) is 18.0 Å². The number of carbonyl (C=O) groups is 1. The van der Waals surface area contributed by atoms with Crippen LogP contribution in [0.25, 0.3) is 0 Å². The Morgan fingerprint density at radius 3 is 2.43 bits per heavy atom. The second-order valence-electron chi connectivity index (χ2n) is 10.4. The molecule has 1 spiro atoms. The number of amidine groups is 1. The van der Waals surface area contributed by atoms with Gasteiger partial charge in [0.25, 0.3) is 0 Å². The summed E-state index contributed by atoms with van der Waals surface area (Å²) in [6.07, 6.45) is 1.56. The summed E-state index contributed by atoms with van der Waals surface area (Å²) in [5, 5.41) is 3.53. The molecule has 0 aromatic heterocycles. The molecule has 1 unspecified atom stereocenters. The maximum absolute atomic E-state index is 14.1. The number of piperidine rings is 1. The number of nitrogens with zero attached hydrogens (tertiary/aromatic N) is 3. The number of likely N-dealkylation sites (tertiary alicyclic amines) is 1. The minimum Gasteiger partial charge on any atom is -0.491 e. The van der Waals surface area contributed by atoms with Crippen LogP contribution < -0.4 is 15.0 Å². The lowest BCUT2D eigenvalue weighted by Crippen LogP contribution is -2.62. The first-order chi connectivity index (χ1) is 16.7. The van der Waals surface area contributed by atoms with Gasteiger partial charge in [0.1, 0.15) is 22.9 Å². The van der Waals surface area contributed by atoms with Crippen LogP contribution in [0.4, 0.5) is 14.9 Å². The summed E-state index contributed by atoms with van der Waals surface area (Å²) in [6, 6.07) is 14.3. The van der Waals surface area contributed by atoms with Gasteiger partial charge in [-0.25, -0.2) is 9.18 Å². The van der Waals surface area contributed by atoms with E-state index in [0.717, 1.165) is 25.4 Å². The summed E-state index contributed by atoms with van der Waals surface area (Å²) in [5.74, 6) is 1.61. The summed E-state index contributed by atoms with van der Waals surface area (Å²) in [6.45, 7) is 12.8. The molecule has 0 aliphatic carbocycles. The predicted octanol–water partition coefficient (Wildman–Crippen LogP) is 5.62. The molecule has 0 saturated carbocycles. The van der Waals surface area contributed by atoms with E-state index in [4.69, 9.17) is 4.74 Å². The number of anilines is 1. The van der Waals surface area contributed by atoms with E-state index in [9.17, 15) is 9.18 Å². The van der Waals surface area contributed by atoms with E-state index in [1.807, 2.05) is 26.0 Å². The molecule has 0 radical (unpaired) electrons. The van der Waals surface area contributed by atoms with Crippen LogP contribution in [-0.4, -0.2) is 47.5 Å². The first-order valence-electron chi connectivity index (χ1n) is 12.6. The van der Waals surface area contributed by atoms with Crippen molar-refractivity contribution >= 4 is 17.6 Å². The molecule has 2 aromatic rings. The number of benzene rings is 2. The van der Waals surface area contributed by atoms with Gasteiger partial charge in [0.15, 0.2) is 0 Å². The number of aliphatic imine (C=N–C) groups is 1. The quantitative estimate of drug-likeness (QED) is 0.559. The number of hydrogen-bond acceptors (Lipinski definition) is 4. The molecule has 1 atom stereocenters. The lowest BCUT2D eigenvalue weighted by molar-refractivity contribution is 0.181. The molecule has 1 N–H and O–H groups in total. The van der Waals surface area contributed by atoms with Crippen LogP contribution in [0.2, 0.25) is 0 Å². The summed E-state index contributed by atoms with van der Waals surface area (Å²) >= 11 is 0. The third-order valence-corrected chi connectivity index (χ3v) is 7.06. The zero-order valence-electron chi connectivity index (χ0n) is 21.4. The van der Waals surface area contributed by atoms with E-state index in [1.54, 1.807) is 17.0 Å². The molecule has 7 heteroatoms. The standard InChI is InChI=1S/C28H37FN4O2/c1-19(2)21(5)30-26-28(33(27(34)31-26)24-10-7-9-23(29)17-24)12-14-32(15-13-28)18-22-8-6-11-25(16-22)35-20(3)4/h6-11,16-17,19-21H,12-15,18H2,1-5H3,(H,30,31,34). The number of nitrogens with one attached hydrogen (secondary N) is 1. The largest absolute Gasteiger partial charge is 0.491 e. The second kappa shape index (κ2) is 10.4. The van der Waals surface area contributed by atoms with Gasteiger partial charge < -0.3 is 10.1 Å². The number of halogens is 1. The van der Waals surface area contributed by atoms with Crippen LogP contribution in [-0.2, 0) is 6.54 Å². The van der Waals surface area contributed by atoms with Crippen molar-refractivity contribution in [1.82, 2.24) is 10.2 Å². The number of amides is 2. The maximum atomic E-state index is 14.1. The molecule has 4 rings (SSSR count). The van der Waals surface area contributed by atoms with E-state index in [-0.39, 0.29) is 24.0 Å². The summed E-state index contributed by atoms with van der Waals surface area (Å²) < 4.78 is 20.0. The molecule has 188 valence electrons. The SMILES string of the molecule is CC(C)Oc1cccc(CN2CCC3(CC2)C(NC(C)C(C)C)=NC(=O)N3c2cccc(F)c2)c1. The highest BCUT2D eigenvalue weighted by Crippen LogP contribution is 2.39. The van der Waals surface area contributed by atoms with Crippen LogP contribution in [0.3, 0.4) is 0 Å². The van der Waals surface area contributed by atoms with Gasteiger partial charge in [-0.15, -0.1) is 0 Å². The minimum atomic E-state index is -0.604. The summed E-state index contributed by atoms with van der Waals surface area (Å²) in [7, 11) is 0. The van der Waals surface area contributed by atoms with Crippen LogP contribution in [0, 0.1) is 11.7 Å². The van der Waals surface area contributed by atoms with Gasteiger partial charge in [-0.2, -0.15) is 4.99 Å². The molecule has 2 aromatic carbocycles. The Bertz CT molecular complexity index is 1080. The Labute approximate surface area is 208 Å². The highest BCUT2D eigenvalue weighted by molar-refractivity contribution is 6.16. The fraction of sp³-hybridized carbons (Fsp3) is 0.500. The third-order valence-electron chi connectivity index (χ3n) is 7.06. The van der Waals surface area contributed by atoms with Gasteiger partial charge in [0.05, 0.1) is 6.10 Å². The topological polar surface area (TPSA) is 57.2 Å². The molecule has 1 saturated heterocycles. The number of carbonyl (C=O) groups excluding carboxylic acids is 1. The lowest BCUT2D eigenvalue weighted by atomic mass is 9.84. The Balaban J connectivity index is 1.55. The van der Waals surface area contributed by atoms with Crippen molar-refractivity contribution in [3.05, 3.63) is 59.9 Å². The van der Waals surface area contributed by atoms with Crippen molar-refractivity contribution < 1.29 is 13.9 Å². The van der Waals surface area contributed by atoms with Gasteiger partial charge in [0.2, 0.25) is 0 Å². The van der Waals surface area contributed by atoms with Crippen LogP contribution in [0.15, 0.2) is 53.5 Å². The molecule has 0 bridgehead atoms. The fourth-order valence-corrected chi connectivity index (χ4v) is 4.85. The van der Waals surface area contributed by atoms with Crippen LogP contribution >= 0.6 is 0 Å². The van der Waals surface area contributed by atoms with E-state index < -0.39 is 5.54 Å². The molecule has 1 fully saturated rings. The zero-order chi connectivity index (χ0) is 25.2. The van der Waals surface area contributed by atoms with Crippen LogP contribution in [0.1, 0.15) is 53.0 Å². The Hall–Kier alpha value is -2.93. The second-order valence-corrected chi connectivity index (χ2v) is 10.4. The third kappa shape index (κ3) is 5.50. The predicted molar refractivity (Wildman–Crippen MR) is 139 cm³/mol. The van der Waals surface area contributed by atoms with Gasteiger partial charge in [-0.1, -0.05) is 32.0 Å². The normalized spacial score (nSPS) is 18.9. The molecule has 35 heavy (non-hydrogen) atoms. The van der Waals surface area contributed by atoms with Crippen molar-refractivity contribution in [1.29, 1.82) is 0 Å². The monoisotopic (exact) mass is 480 g/mol. The molecule has 2 aliphatic heterocycles. The van der Waals surface area contributed by atoms with E-state index in [0.29, 0.717) is 30.3 Å². The Kier molecular flexibility index (Phi) is 7.45. The average molecular weight is 481 g/mol. The van der Waals surface area contributed by atoms with Gasteiger partial charge in [-0.05, 0) is 75.4 Å². The molecular formula is C28H37FN4O2. The number of rotatable bonds is 7. The first kappa shape index (κ1) is 25.2. The minimum absolute atomic E-state index is 0.132. The molecular weight excluding hydrogens is 443 g/mol. The summed E-state index contributed by atoms with van der Waals surface area (Å²) in [5.41, 5.74) is 1.15. The average Bonchev–Trinajstić information content (AvgIpc) is 3.05. The van der Waals surface area contributed by atoms with E-state index in [1.165, 1.54) is 17.7 Å². The number of hydrogen-bond donors (Lipinski definition) is 1. The Morgan fingerprint density at radius 1 is 1.06 bits per heavy atom. The van der Waals surface area contributed by atoms with Crippen molar-refractivity contribution in [2.24, 2.45) is 10.9 Å². The van der Waals surface area contributed by atoms with Gasteiger partial charge in [-0.3, -0.25) is 9.80 Å². The Morgan fingerprint density at radius 2 is 1.77 bits per heavy atom. The zero-order valence-corrected chi connectivity index (χ0v) is 21.4. The van der Waals surface area contributed by atoms with E-state index in [2.05, 4.69) is 48.1 Å². The van der Waals surface area contributed by atoms with Crippen molar-refractivity contribution in [3.63, 3.8) is 0 Å². The number of ether oxygens (including phenoxy) is 1. The summed E-state index contributed by atoms with van der Waals surface area (Å²) in [4.78, 5) is 21.7. The fourth-order valence-electron chi connectivity index (χ4n) is 4.85. The molecule has 6 nitrogen and oxygen atoms in total. The first-order valence-corrected chi connectivity index (χ1v) is 12.6. The lowest BCUT2D eigenvalue weighted by Gasteiger charge is -2.45.